The first kappa shape index (κ1) is 18.9. The third-order valence-corrected chi connectivity index (χ3v) is 4.79. The number of hydrogen-bond donors (Lipinski definition) is 1. The van der Waals surface area contributed by atoms with Gasteiger partial charge in [-0.3, -0.25) is 4.90 Å². The molecule has 1 aliphatic rings. The molecule has 0 radical (unpaired) electrons. The first-order chi connectivity index (χ1) is 12.9. The van der Waals surface area contributed by atoms with Crippen LogP contribution in [0.1, 0.15) is 37.9 Å². The van der Waals surface area contributed by atoms with E-state index in [0.717, 1.165) is 16.9 Å². The van der Waals surface area contributed by atoms with Crippen LogP contribution in [0.4, 0.5) is 16.6 Å². The topological polar surface area (TPSA) is 76.6 Å². The highest BCUT2D eigenvalue weighted by molar-refractivity contribution is 5.90. The zero-order chi connectivity index (χ0) is 19.6. The van der Waals surface area contributed by atoms with Gasteiger partial charge < -0.3 is 14.8 Å². The zero-order valence-corrected chi connectivity index (χ0v) is 16.4. The number of cyclic esters (lactones) is 1. The van der Waals surface area contributed by atoms with Crippen LogP contribution in [-0.2, 0) is 4.74 Å². The lowest BCUT2D eigenvalue weighted by Crippen LogP contribution is -2.38. The molecule has 1 aromatic heterocycles. The Hall–Kier alpha value is -2.83. The Labute approximate surface area is 159 Å². The summed E-state index contributed by atoms with van der Waals surface area (Å²) in [6.07, 6.45) is 1.37. The molecule has 1 aromatic carbocycles. The minimum atomic E-state index is -0.359. The van der Waals surface area contributed by atoms with E-state index in [0.29, 0.717) is 18.4 Å². The van der Waals surface area contributed by atoms with Gasteiger partial charge >= 0.3 is 6.09 Å². The van der Waals surface area contributed by atoms with Gasteiger partial charge in [0.15, 0.2) is 0 Å². The average molecular weight is 370 g/mol. The Balaban J connectivity index is 1.85. The summed E-state index contributed by atoms with van der Waals surface area (Å²) >= 11 is 0. The van der Waals surface area contributed by atoms with E-state index in [-0.39, 0.29) is 24.1 Å². The lowest BCUT2D eigenvalue weighted by atomic mass is 10.0. The molecule has 1 aliphatic heterocycles. The molecule has 1 fully saturated rings. The first-order valence-corrected chi connectivity index (χ1v) is 9.10. The number of anilines is 2. The molecule has 0 aliphatic carbocycles. The summed E-state index contributed by atoms with van der Waals surface area (Å²) in [7, 11) is 1.65. The lowest BCUT2D eigenvalue weighted by Gasteiger charge is -2.25. The number of benzene rings is 1. The van der Waals surface area contributed by atoms with Crippen molar-refractivity contribution in [2.75, 3.05) is 23.9 Å². The summed E-state index contributed by atoms with van der Waals surface area (Å²) in [6.45, 7) is 8.44. The van der Waals surface area contributed by atoms with Gasteiger partial charge in [-0.05, 0) is 37.5 Å². The Morgan fingerprint density at radius 1 is 1.33 bits per heavy atom. The maximum absolute atomic E-state index is 12.3. The second-order valence-corrected chi connectivity index (χ2v) is 7.10. The molecule has 7 nitrogen and oxygen atoms in total. The number of ether oxygens (including phenoxy) is 2. The standard InChI is InChI=1S/C20H26N4O3/c1-12(2)17-11-27-20(25)24(17)18-13(3)10-21-19(23-18)22-14(4)15-7-6-8-16(9-15)26-5/h6-10,12,14,17H,11H2,1-5H3,(H,21,22,23)/t14-,17+/m0/s1. The van der Waals surface area contributed by atoms with E-state index in [9.17, 15) is 4.79 Å². The summed E-state index contributed by atoms with van der Waals surface area (Å²) < 4.78 is 10.5. The van der Waals surface area contributed by atoms with Crippen LogP contribution in [0.25, 0.3) is 0 Å². The fraction of sp³-hybridized carbons (Fsp3) is 0.450. The van der Waals surface area contributed by atoms with E-state index < -0.39 is 0 Å². The van der Waals surface area contributed by atoms with Crippen LogP contribution < -0.4 is 15.0 Å². The second kappa shape index (κ2) is 7.82. The molecule has 2 atom stereocenters. The normalized spacial score (nSPS) is 17.8. The van der Waals surface area contributed by atoms with Crippen LogP contribution in [0.5, 0.6) is 5.75 Å². The molecule has 2 heterocycles. The predicted molar refractivity (Wildman–Crippen MR) is 104 cm³/mol. The molecule has 7 heteroatoms. The van der Waals surface area contributed by atoms with Crippen molar-refractivity contribution in [3.05, 3.63) is 41.6 Å². The monoisotopic (exact) mass is 370 g/mol. The van der Waals surface area contributed by atoms with E-state index in [1.807, 2.05) is 38.1 Å². The maximum atomic E-state index is 12.3. The van der Waals surface area contributed by atoms with E-state index in [1.165, 1.54) is 0 Å². The highest BCUT2D eigenvalue weighted by Crippen LogP contribution is 2.29. The largest absolute Gasteiger partial charge is 0.497 e. The van der Waals surface area contributed by atoms with Crippen molar-refractivity contribution in [1.29, 1.82) is 0 Å². The lowest BCUT2D eigenvalue weighted by molar-refractivity contribution is 0.177. The third kappa shape index (κ3) is 3.97. The van der Waals surface area contributed by atoms with Gasteiger partial charge in [0.25, 0.3) is 0 Å². The van der Waals surface area contributed by atoms with Crippen molar-refractivity contribution in [2.45, 2.75) is 39.8 Å². The van der Waals surface area contributed by atoms with E-state index in [2.05, 4.69) is 29.1 Å². The van der Waals surface area contributed by atoms with Gasteiger partial charge in [0.2, 0.25) is 5.95 Å². The van der Waals surface area contributed by atoms with Gasteiger partial charge in [-0.1, -0.05) is 26.0 Å². The summed E-state index contributed by atoms with van der Waals surface area (Å²) in [4.78, 5) is 22.9. The highest BCUT2D eigenvalue weighted by atomic mass is 16.6. The van der Waals surface area contributed by atoms with Crippen LogP contribution in [-0.4, -0.2) is 35.8 Å². The minimum Gasteiger partial charge on any atom is -0.497 e. The van der Waals surface area contributed by atoms with Gasteiger partial charge in [0.1, 0.15) is 18.2 Å². The molecule has 2 aromatic rings. The fourth-order valence-corrected chi connectivity index (χ4v) is 3.10. The number of aryl methyl sites for hydroxylation is 1. The number of carbonyl (C=O) groups is 1. The third-order valence-electron chi connectivity index (χ3n) is 4.79. The summed E-state index contributed by atoms with van der Waals surface area (Å²) in [5, 5.41) is 3.30. The van der Waals surface area contributed by atoms with Crippen molar-refractivity contribution in [2.24, 2.45) is 5.92 Å². The van der Waals surface area contributed by atoms with Gasteiger partial charge in [0, 0.05) is 11.8 Å². The molecule has 1 amide bonds. The molecular formula is C20H26N4O3. The van der Waals surface area contributed by atoms with Crippen molar-refractivity contribution in [3.63, 3.8) is 0 Å². The average Bonchev–Trinajstić information content (AvgIpc) is 3.05. The Bertz CT molecular complexity index is 825. The number of rotatable bonds is 6. The van der Waals surface area contributed by atoms with E-state index in [1.54, 1.807) is 18.2 Å². The Kier molecular flexibility index (Phi) is 5.48. The van der Waals surface area contributed by atoms with Crippen molar-refractivity contribution in [3.8, 4) is 5.75 Å². The van der Waals surface area contributed by atoms with Crippen molar-refractivity contribution in [1.82, 2.24) is 9.97 Å². The summed E-state index contributed by atoms with van der Waals surface area (Å²) in [5.74, 6) is 2.11. The fourth-order valence-electron chi connectivity index (χ4n) is 3.10. The molecule has 3 rings (SSSR count). The van der Waals surface area contributed by atoms with Gasteiger partial charge in [0.05, 0.1) is 19.2 Å². The molecule has 0 saturated carbocycles. The molecule has 1 N–H and O–H groups in total. The van der Waals surface area contributed by atoms with E-state index in [4.69, 9.17) is 9.47 Å². The number of hydrogen-bond acceptors (Lipinski definition) is 6. The van der Waals surface area contributed by atoms with Crippen LogP contribution in [0, 0.1) is 12.8 Å². The summed E-state index contributed by atoms with van der Waals surface area (Å²) in [5.41, 5.74) is 1.89. The number of carbonyl (C=O) groups excluding carboxylic acids is 1. The molecule has 1 saturated heterocycles. The highest BCUT2D eigenvalue weighted by Gasteiger charge is 2.38. The molecule has 144 valence electrons. The van der Waals surface area contributed by atoms with Gasteiger partial charge in [-0.25, -0.2) is 9.78 Å². The van der Waals surface area contributed by atoms with Crippen LogP contribution >= 0.6 is 0 Å². The predicted octanol–water partition coefficient (Wildman–Crippen LogP) is 3.95. The van der Waals surface area contributed by atoms with E-state index >= 15 is 0 Å². The molecule has 27 heavy (non-hydrogen) atoms. The Morgan fingerprint density at radius 3 is 2.81 bits per heavy atom. The quantitative estimate of drug-likeness (QED) is 0.830. The minimum absolute atomic E-state index is 0.0259. The first-order valence-electron chi connectivity index (χ1n) is 9.10. The van der Waals surface area contributed by atoms with Crippen molar-refractivity contribution < 1.29 is 14.3 Å². The number of nitrogens with one attached hydrogen (secondary N) is 1. The number of aromatic nitrogens is 2. The number of amides is 1. The van der Waals surface area contributed by atoms with Gasteiger partial charge in [-0.2, -0.15) is 4.98 Å². The zero-order valence-electron chi connectivity index (χ0n) is 16.4. The van der Waals surface area contributed by atoms with Crippen LogP contribution in [0.15, 0.2) is 30.5 Å². The maximum Gasteiger partial charge on any atom is 0.415 e. The van der Waals surface area contributed by atoms with Crippen LogP contribution in [0.3, 0.4) is 0 Å². The number of methoxy groups -OCH3 is 1. The SMILES string of the molecule is COc1cccc([C@H](C)Nc2ncc(C)c(N3C(=O)OC[C@@H]3C(C)C)n2)c1. The molecular weight excluding hydrogens is 344 g/mol. The molecule has 0 bridgehead atoms. The molecule has 0 spiro atoms. The smallest absolute Gasteiger partial charge is 0.415 e. The summed E-state index contributed by atoms with van der Waals surface area (Å²) in [6, 6.07) is 7.78. The second-order valence-electron chi connectivity index (χ2n) is 7.10. The number of nitrogens with zero attached hydrogens (tertiary/aromatic N) is 3. The Morgan fingerprint density at radius 2 is 2.11 bits per heavy atom. The van der Waals surface area contributed by atoms with Gasteiger partial charge in [-0.15, -0.1) is 0 Å². The van der Waals surface area contributed by atoms with Crippen LogP contribution in [0.2, 0.25) is 0 Å². The van der Waals surface area contributed by atoms with Crippen molar-refractivity contribution >= 4 is 17.9 Å². The molecule has 0 unspecified atom stereocenters.